The summed E-state index contributed by atoms with van der Waals surface area (Å²) in [5, 5.41) is 1.38. The normalized spacial score (nSPS) is 9.89. The number of nitrogens with one attached hydrogen (secondary N) is 1. The van der Waals surface area contributed by atoms with Crippen LogP contribution in [0.25, 0.3) is 0 Å². The molecule has 0 aliphatic carbocycles. The molecule has 0 atom stereocenters. The van der Waals surface area contributed by atoms with Crippen molar-refractivity contribution in [2.75, 3.05) is 0 Å². The molecule has 0 saturated carbocycles. The highest BCUT2D eigenvalue weighted by molar-refractivity contribution is 9.10. The van der Waals surface area contributed by atoms with Crippen LogP contribution in [0.15, 0.2) is 53.0 Å². The summed E-state index contributed by atoms with van der Waals surface area (Å²) in [6.45, 7) is 7.70. The van der Waals surface area contributed by atoms with Crippen molar-refractivity contribution in [3.8, 4) is 0 Å². The Morgan fingerprint density at radius 1 is 0.964 bits per heavy atom. The summed E-state index contributed by atoms with van der Waals surface area (Å²) in [6.07, 6.45) is 0.914. The van der Waals surface area contributed by atoms with Gasteiger partial charge in [-0.1, -0.05) is 41.1 Å². The SMILES string of the molecule is CCc1ccc(C(=O)NN(C(=O)c2cccc(Br)c2)C(C)(C)C)cc1.Cl.Cl.Cl. The number of carbonyl (C=O) groups excluding carboxylic acids is 2. The average molecular weight is 513 g/mol. The van der Waals surface area contributed by atoms with Crippen molar-refractivity contribution in [2.24, 2.45) is 0 Å². The van der Waals surface area contributed by atoms with E-state index in [4.69, 9.17) is 0 Å². The van der Waals surface area contributed by atoms with Crippen molar-refractivity contribution in [2.45, 2.75) is 39.7 Å². The van der Waals surface area contributed by atoms with E-state index in [1.165, 1.54) is 5.01 Å². The van der Waals surface area contributed by atoms with Gasteiger partial charge in [0.15, 0.2) is 0 Å². The van der Waals surface area contributed by atoms with Crippen LogP contribution in [0, 0.1) is 0 Å². The molecule has 2 aromatic rings. The highest BCUT2D eigenvalue weighted by atomic mass is 79.9. The summed E-state index contributed by atoms with van der Waals surface area (Å²) < 4.78 is 0.814. The predicted octanol–water partition coefficient (Wildman–Crippen LogP) is 5.86. The minimum Gasteiger partial charge on any atom is -0.267 e. The zero-order valence-corrected chi connectivity index (χ0v) is 20.2. The first-order valence-electron chi connectivity index (χ1n) is 8.22. The van der Waals surface area contributed by atoms with Crippen molar-refractivity contribution >= 4 is 65.0 Å². The topological polar surface area (TPSA) is 49.4 Å². The van der Waals surface area contributed by atoms with Crippen LogP contribution in [0.4, 0.5) is 0 Å². The molecule has 8 heteroatoms. The van der Waals surface area contributed by atoms with E-state index in [1.54, 1.807) is 30.3 Å². The Morgan fingerprint density at radius 2 is 1.54 bits per heavy atom. The van der Waals surface area contributed by atoms with Crippen LogP contribution >= 0.6 is 53.2 Å². The Hall–Kier alpha value is -1.27. The van der Waals surface area contributed by atoms with Gasteiger partial charge in [0.05, 0.1) is 5.54 Å². The van der Waals surface area contributed by atoms with Crippen LogP contribution in [-0.2, 0) is 6.42 Å². The maximum absolute atomic E-state index is 12.9. The van der Waals surface area contributed by atoms with Gasteiger partial charge >= 0.3 is 0 Å². The lowest BCUT2D eigenvalue weighted by Gasteiger charge is -2.35. The Kier molecular flexibility index (Phi) is 12.7. The lowest BCUT2D eigenvalue weighted by atomic mass is 10.1. The second kappa shape index (κ2) is 12.3. The molecule has 2 aromatic carbocycles. The average Bonchev–Trinajstić information content (AvgIpc) is 2.58. The molecule has 1 N–H and O–H groups in total. The number of benzene rings is 2. The summed E-state index contributed by atoms with van der Waals surface area (Å²) in [5.41, 5.74) is 4.38. The van der Waals surface area contributed by atoms with Gasteiger partial charge in [0.1, 0.15) is 0 Å². The molecule has 0 bridgehead atoms. The van der Waals surface area contributed by atoms with Gasteiger partial charge in [-0.05, 0) is 63.1 Å². The molecule has 2 rings (SSSR count). The van der Waals surface area contributed by atoms with E-state index >= 15 is 0 Å². The van der Waals surface area contributed by atoms with Crippen LogP contribution in [0.3, 0.4) is 0 Å². The molecular formula is C20H26BrCl3N2O2. The number of carbonyl (C=O) groups is 2. The third-order valence-corrected chi connectivity index (χ3v) is 4.28. The van der Waals surface area contributed by atoms with E-state index in [9.17, 15) is 9.59 Å². The Balaban J connectivity index is 0. The maximum Gasteiger partial charge on any atom is 0.272 e. The molecule has 0 aliphatic heterocycles. The van der Waals surface area contributed by atoms with Gasteiger partial charge < -0.3 is 0 Å². The first-order valence-corrected chi connectivity index (χ1v) is 9.01. The predicted molar refractivity (Wildman–Crippen MR) is 125 cm³/mol. The molecule has 2 amide bonds. The second-order valence-electron chi connectivity index (χ2n) is 6.81. The fourth-order valence-electron chi connectivity index (χ4n) is 2.33. The fourth-order valence-corrected chi connectivity index (χ4v) is 2.73. The van der Waals surface area contributed by atoms with E-state index in [-0.39, 0.29) is 49.0 Å². The first-order chi connectivity index (χ1) is 11.7. The van der Waals surface area contributed by atoms with E-state index in [0.717, 1.165) is 16.5 Å². The molecule has 0 unspecified atom stereocenters. The van der Waals surface area contributed by atoms with Crippen molar-refractivity contribution in [3.63, 3.8) is 0 Å². The standard InChI is InChI=1S/C20H23BrN2O2.3ClH/c1-5-14-9-11-15(12-10-14)18(24)22-23(20(2,3)4)19(25)16-7-6-8-17(21)13-16;;;/h6-13H,5H2,1-4H3,(H,22,24);3*1H. The molecule has 0 saturated heterocycles. The first kappa shape index (κ1) is 28.9. The van der Waals surface area contributed by atoms with Crippen LogP contribution in [0.2, 0.25) is 0 Å². The van der Waals surface area contributed by atoms with E-state index in [0.29, 0.717) is 11.1 Å². The van der Waals surface area contributed by atoms with E-state index in [2.05, 4.69) is 28.3 Å². The van der Waals surface area contributed by atoms with Gasteiger partial charge in [0.2, 0.25) is 0 Å². The van der Waals surface area contributed by atoms with Crippen molar-refractivity contribution in [3.05, 3.63) is 69.7 Å². The Labute approximate surface area is 193 Å². The smallest absolute Gasteiger partial charge is 0.267 e. The molecule has 0 radical (unpaired) electrons. The number of aryl methyl sites for hydroxylation is 1. The monoisotopic (exact) mass is 510 g/mol. The number of hydrogen-bond acceptors (Lipinski definition) is 2. The molecule has 156 valence electrons. The number of halogens is 4. The van der Waals surface area contributed by atoms with Gasteiger partial charge in [-0.2, -0.15) is 0 Å². The van der Waals surface area contributed by atoms with Gasteiger partial charge in [-0.25, -0.2) is 5.01 Å². The maximum atomic E-state index is 12.9. The molecule has 0 fully saturated rings. The Morgan fingerprint density at radius 3 is 2.00 bits per heavy atom. The van der Waals surface area contributed by atoms with Gasteiger partial charge in [-0.3, -0.25) is 15.0 Å². The number of hydrazine groups is 1. The number of hydrogen-bond donors (Lipinski definition) is 1. The lowest BCUT2D eigenvalue weighted by molar-refractivity contribution is 0.0358. The molecule has 0 heterocycles. The minimum atomic E-state index is -0.571. The lowest BCUT2D eigenvalue weighted by Crippen LogP contribution is -2.55. The van der Waals surface area contributed by atoms with Crippen LogP contribution in [0.5, 0.6) is 0 Å². The summed E-state index contributed by atoms with van der Waals surface area (Å²) in [4.78, 5) is 25.5. The Bertz CT molecular complexity index is 778. The molecule has 0 aliphatic rings. The molecular weight excluding hydrogens is 486 g/mol. The summed E-state index contributed by atoms with van der Waals surface area (Å²) in [7, 11) is 0. The number of amides is 2. The van der Waals surface area contributed by atoms with Crippen LogP contribution < -0.4 is 5.43 Å². The van der Waals surface area contributed by atoms with Crippen molar-refractivity contribution in [1.82, 2.24) is 10.4 Å². The largest absolute Gasteiger partial charge is 0.272 e. The van der Waals surface area contributed by atoms with Crippen molar-refractivity contribution < 1.29 is 9.59 Å². The molecule has 0 aromatic heterocycles. The quantitative estimate of drug-likeness (QED) is 0.524. The third-order valence-electron chi connectivity index (χ3n) is 3.78. The summed E-state index contributed by atoms with van der Waals surface area (Å²) in [6, 6.07) is 14.5. The molecule has 4 nitrogen and oxygen atoms in total. The third kappa shape index (κ3) is 7.63. The van der Waals surface area contributed by atoms with Gasteiger partial charge in [0, 0.05) is 15.6 Å². The van der Waals surface area contributed by atoms with Gasteiger partial charge in [-0.15, -0.1) is 37.2 Å². The van der Waals surface area contributed by atoms with E-state index in [1.807, 2.05) is 39.0 Å². The second-order valence-corrected chi connectivity index (χ2v) is 7.73. The van der Waals surface area contributed by atoms with E-state index < -0.39 is 5.54 Å². The summed E-state index contributed by atoms with van der Waals surface area (Å²) >= 11 is 3.37. The minimum absolute atomic E-state index is 0. The number of rotatable bonds is 3. The number of nitrogens with zero attached hydrogens (tertiary/aromatic N) is 1. The van der Waals surface area contributed by atoms with Crippen LogP contribution in [-0.4, -0.2) is 22.4 Å². The highest BCUT2D eigenvalue weighted by Gasteiger charge is 2.29. The van der Waals surface area contributed by atoms with Crippen molar-refractivity contribution in [1.29, 1.82) is 0 Å². The molecule has 0 spiro atoms. The highest BCUT2D eigenvalue weighted by Crippen LogP contribution is 2.18. The van der Waals surface area contributed by atoms with Crippen LogP contribution in [0.1, 0.15) is 54.0 Å². The zero-order valence-electron chi connectivity index (χ0n) is 16.2. The summed E-state index contributed by atoms with van der Waals surface area (Å²) in [5.74, 6) is -0.562. The molecule has 28 heavy (non-hydrogen) atoms. The fraction of sp³-hybridized carbons (Fsp3) is 0.300. The van der Waals surface area contributed by atoms with Gasteiger partial charge in [0.25, 0.3) is 11.8 Å². The zero-order chi connectivity index (χ0) is 18.6.